The quantitative estimate of drug-likeness (QED) is 0.325. The maximum absolute atomic E-state index is 13.5. The van der Waals surface area contributed by atoms with Gasteiger partial charge in [-0.15, -0.1) is 0 Å². The van der Waals surface area contributed by atoms with Crippen molar-refractivity contribution < 1.29 is 23.4 Å². The summed E-state index contributed by atoms with van der Waals surface area (Å²) in [5.41, 5.74) is 0.583. The van der Waals surface area contributed by atoms with E-state index in [0.717, 1.165) is 10.1 Å². The van der Waals surface area contributed by atoms with Crippen molar-refractivity contribution in [3.05, 3.63) is 85.3 Å². The van der Waals surface area contributed by atoms with E-state index in [-0.39, 0.29) is 49.5 Å². The Morgan fingerprint density at radius 2 is 1.82 bits per heavy atom. The van der Waals surface area contributed by atoms with Gasteiger partial charge in [-0.2, -0.15) is 8.78 Å². The minimum atomic E-state index is -3.38. The van der Waals surface area contributed by atoms with E-state index in [2.05, 4.69) is 4.98 Å². The minimum Gasteiger partial charge on any atom is -0.496 e. The highest BCUT2D eigenvalue weighted by molar-refractivity contribution is 6.30. The van der Waals surface area contributed by atoms with E-state index in [4.69, 9.17) is 21.1 Å². The highest BCUT2D eigenvalue weighted by Crippen LogP contribution is 2.30. The van der Waals surface area contributed by atoms with Gasteiger partial charge in [-0.1, -0.05) is 23.7 Å². The maximum atomic E-state index is 13.5. The first-order valence-corrected chi connectivity index (χ1v) is 12.2. The first kappa shape index (κ1) is 27.3. The average molecular weight is 549 g/mol. The van der Waals surface area contributed by atoms with Crippen molar-refractivity contribution in [3.8, 4) is 11.5 Å². The zero-order valence-corrected chi connectivity index (χ0v) is 21.8. The molecule has 2 aromatic heterocycles. The van der Waals surface area contributed by atoms with Gasteiger partial charge in [0.05, 0.1) is 7.11 Å². The summed E-state index contributed by atoms with van der Waals surface area (Å²) in [6, 6.07) is 11.4. The van der Waals surface area contributed by atoms with Crippen LogP contribution in [0.2, 0.25) is 5.02 Å². The number of benzene rings is 2. The van der Waals surface area contributed by atoms with Gasteiger partial charge in [0, 0.05) is 50.7 Å². The van der Waals surface area contributed by atoms with Gasteiger partial charge >= 0.3 is 11.8 Å². The van der Waals surface area contributed by atoms with Gasteiger partial charge in [0.25, 0.3) is 5.56 Å². The number of hydrogen-bond donors (Lipinski definition) is 1. The number of imidazole rings is 1. The molecule has 0 saturated heterocycles. The average Bonchev–Trinajstić information content (AvgIpc) is 3.21. The highest BCUT2D eigenvalue weighted by atomic mass is 35.5. The van der Waals surface area contributed by atoms with Gasteiger partial charge in [-0.3, -0.25) is 13.9 Å². The number of methoxy groups -OCH3 is 1. The van der Waals surface area contributed by atoms with Crippen molar-refractivity contribution in [2.75, 3.05) is 13.7 Å². The van der Waals surface area contributed by atoms with Crippen molar-refractivity contribution in [2.24, 2.45) is 7.05 Å². The number of aliphatic hydroxyl groups excluding tert-OH is 1. The molecule has 0 atom stereocenters. The SMILES string of the molecule is COc1ccc(OC(C)(F)F)cc1Cc1nc2c(c(=O)n(CCCO)c(=O)n2C)n1Cc1ccc(Cl)cc1. The summed E-state index contributed by atoms with van der Waals surface area (Å²) in [6.07, 6.45) is -3.07. The second-order valence-electron chi connectivity index (χ2n) is 8.85. The van der Waals surface area contributed by atoms with Crippen LogP contribution in [-0.4, -0.2) is 43.6 Å². The predicted molar refractivity (Wildman–Crippen MR) is 139 cm³/mol. The van der Waals surface area contributed by atoms with E-state index in [1.165, 1.54) is 36.9 Å². The lowest BCUT2D eigenvalue weighted by molar-refractivity contribution is -0.159. The standard InChI is InChI=1S/C26H27ClF2N4O5/c1-26(28,29)38-19-9-10-20(37-3)17(13-19)14-21-30-23-22(33(21)15-16-5-7-18(27)8-6-16)24(35)32(11-4-12-34)25(36)31(23)2/h5-10,13,34H,4,11-12,14-15H2,1-3H3. The molecule has 202 valence electrons. The molecule has 0 spiro atoms. The van der Waals surface area contributed by atoms with Gasteiger partial charge in [-0.25, -0.2) is 9.78 Å². The molecule has 0 unspecified atom stereocenters. The first-order chi connectivity index (χ1) is 18.0. The van der Waals surface area contributed by atoms with Crippen LogP contribution < -0.4 is 20.7 Å². The smallest absolute Gasteiger partial charge is 0.394 e. The Morgan fingerprint density at radius 3 is 2.45 bits per heavy atom. The Morgan fingerprint density at radius 1 is 1.11 bits per heavy atom. The van der Waals surface area contributed by atoms with Crippen LogP contribution in [0.5, 0.6) is 11.5 Å². The molecule has 4 rings (SSSR count). The van der Waals surface area contributed by atoms with E-state index in [1.807, 2.05) is 12.1 Å². The van der Waals surface area contributed by atoms with Gasteiger partial charge < -0.3 is 19.1 Å². The Bertz CT molecular complexity index is 1570. The molecule has 38 heavy (non-hydrogen) atoms. The lowest BCUT2D eigenvalue weighted by Gasteiger charge is -2.16. The number of halogens is 3. The molecule has 2 aromatic carbocycles. The molecule has 2 heterocycles. The molecule has 0 aliphatic rings. The van der Waals surface area contributed by atoms with E-state index in [9.17, 15) is 23.5 Å². The molecule has 4 aromatic rings. The number of aliphatic hydroxyl groups is 1. The zero-order chi connectivity index (χ0) is 27.6. The summed E-state index contributed by atoms with van der Waals surface area (Å²) in [5, 5.41) is 9.80. The molecule has 1 N–H and O–H groups in total. The van der Waals surface area contributed by atoms with Crippen LogP contribution in [0, 0.1) is 0 Å². The fourth-order valence-electron chi connectivity index (χ4n) is 4.25. The fourth-order valence-corrected chi connectivity index (χ4v) is 4.38. The molecule has 12 heteroatoms. The molecular formula is C26H27ClF2N4O5. The molecule has 0 bridgehead atoms. The Balaban J connectivity index is 1.92. The molecule has 0 aliphatic carbocycles. The van der Waals surface area contributed by atoms with Crippen LogP contribution in [0.3, 0.4) is 0 Å². The normalized spacial score (nSPS) is 11.8. The van der Waals surface area contributed by atoms with Crippen LogP contribution in [0.25, 0.3) is 11.2 Å². The van der Waals surface area contributed by atoms with Gasteiger partial charge in [0.1, 0.15) is 17.3 Å². The van der Waals surface area contributed by atoms with Gasteiger partial charge in [-0.05, 0) is 42.3 Å². The fraction of sp³-hybridized carbons (Fsp3) is 0.346. The zero-order valence-electron chi connectivity index (χ0n) is 21.1. The predicted octanol–water partition coefficient (Wildman–Crippen LogP) is 3.57. The van der Waals surface area contributed by atoms with Gasteiger partial charge in [0.2, 0.25) is 0 Å². The maximum Gasteiger partial charge on any atom is 0.394 e. The lowest BCUT2D eigenvalue weighted by Crippen LogP contribution is -2.40. The van der Waals surface area contributed by atoms with Crippen molar-refractivity contribution in [1.82, 2.24) is 18.7 Å². The number of aryl methyl sites for hydroxylation is 1. The number of nitrogens with zero attached hydrogens (tertiary/aromatic N) is 4. The number of aromatic nitrogens is 4. The topological polar surface area (TPSA) is 101 Å². The third-order valence-corrected chi connectivity index (χ3v) is 6.25. The summed E-state index contributed by atoms with van der Waals surface area (Å²) >= 11 is 6.04. The monoisotopic (exact) mass is 548 g/mol. The van der Waals surface area contributed by atoms with Gasteiger partial charge in [0.15, 0.2) is 11.2 Å². The molecule has 0 saturated carbocycles. The minimum absolute atomic E-state index is 0.0395. The van der Waals surface area contributed by atoms with E-state index >= 15 is 0 Å². The summed E-state index contributed by atoms with van der Waals surface area (Å²) in [5.74, 6) is 0.754. The summed E-state index contributed by atoms with van der Waals surface area (Å²) in [4.78, 5) is 31.1. The third kappa shape index (κ3) is 5.73. The van der Waals surface area contributed by atoms with E-state index < -0.39 is 17.4 Å². The first-order valence-electron chi connectivity index (χ1n) is 11.8. The highest BCUT2D eigenvalue weighted by Gasteiger charge is 2.25. The number of ether oxygens (including phenoxy) is 2. The van der Waals surface area contributed by atoms with Crippen molar-refractivity contribution in [2.45, 2.75) is 39.0 Å². The van der Waals surface area contributed by atoms with E-state index in [1.54, 1.807) is 16.7 Å². The lowest BCUT2D eigenvalue weighted by atomic mass is 10.1. The number of alkyl halides is 2. The van der Waals surface area contributed by atoms with Crippen LogP contribution in [0.1, 0.15) is 30.3 Å². The second kappa shape index (κ2) is 11.0. The number of fused-ring (bicyclic) bond motifs is 1. The third-order valence-electron chi connectivity index (χ3n) is 6.00. The summed E-state index contributed by atoms with van der Waals surface area (Å²) < 4.78 is 41.2. The second-order valence-corrected chi connectivity index (χ2v) is 9.29. The molecular weight excluding hydrogens is 522 g/mol. The molecule has 9 nitrogen and oxygen atoms in total. The van der Waals surface area contributed by atoms with Crippen LogP contribution in [-0.2, 0) is 26.6 Å². The van der Waals surface area contributed by atoms with Crippen molar-refractivity contribution >= 4 is 22.8 Å². The van der Waals surface area contributed by atoms with Crippen LogP contribution >= 0.6 is 11.6 Å². The molecule has 0 radical (unpaired) electrons. The van der Waals surface area contributed by atoms with Crippen molar-refractivity contribution in [1.29, 1.82) is 0 Å². The number of rotatable bonds is 10. The Labute approximate surface area is 221 Å². The van der Waals surface area contributed by atoms with Crippen LogP contribution in [0.4, 0.5) is 8.78 Å². The van der Waals surface area contributed by atoms with Crippen LogP contribution in [0.15, 0.2) is 52.1 Å². The Hall–Kier alpha value is -3.70. The largest absolute Gasteiger partial charge is 0.496 e. The summed E-state index contributed by atoms with van der Waals surface area (Å²) in [7, 11) is 2.97. The summed E-state index contributed by atoms with van der Waals surface area (Å²) in [6.45, 7) is 0.725. The molecule has 0 amide bonds. The van der Waals surface area contributed by atoms with Crippen molar-refractivity contribution in [3.63, 3.8) is 0 Å². The molecule has 0 aliphatic heterocycles. The number of hydrogen-bond acceptors (Lipinski definition) is 6. The van der Waals surface area contributed by atoms with E-state index in [0.29, 0.717) is 29.1 Å². The molecule has 0 fully saturated rings. The Kier molecular flexibility index (Phi) is 7.89.